The SMILES string of the molecule is CC(C)NCC1OCCN(C)C1c1ccc([N+](=O)[O-])o1. The molecule has 1 aliphatic heterocycles. The molecule has 2 atom stereocenters. The van der Waals surface area contributed by atoms with Gasteiger partial charge in [-0.25, -0.2) is 0 Å². The van der Waals surface area contributed by atoms with Crippen LogP contribution in [0.5, 0.6) is 0 Å². The van der Waals surface area contributed by atoms with Crippen molar-refractivity contribution in [3.05, 3.63) is 28.0 Å². The van der Waals surface area contributed by atoms with E-state index in [4.69, 9.17) is 9.15 Å². The zero-order chi connectivity index (χ0) is 14.7. The molecule has 0 saturated carbocycles. The Morgan fingerprint density at radius 3 is 2.90 bits per heavy atom. The first kappa shape index (κ1) is 15.0. The topological polar surface area (TPSA) is 80.8 Å². The van der Waals surface area contributed by atoms with E-state index in [1.807, 2.05) is 7.05 Å². The van der Waals surface area contributed by atoms with E-state index in [1.54, 1.807) is 6.07 Å². The third kappa shape index (κ3) is 3.36. The van der Waals surface area contributed by atoms with Crippen molar-refractivity contribution in [3.8, 4) is 0 Å². The van der Waals surface area contributed by atoms with Gasteiger partial charge in [-0.05, 0) is 13.1 Å². The molecular formula is C13H21N3O4. The Morgan fingerprint density at radius 1 is 1.55 bits per heavy atom. The monoisotopic (exact) mass is 283 g/mol. The summed E-state index contributed by atoms with van der Waals surface area (Å²) in [4.78, 5) is 12.3. The van der Waals surface area contributed by atoms with E-state index < -0.39 is 4.92 Å². The lowest BCUT2D eigenvalue weighted by molar-refractivity contribution is -0.402. The predicted molar refractivity (Wildman–Crippen MR) is 73.6 cm³/mol. The van der Waals surface area contributed by atoms with E-state index in [9.17, 15) is 10.1 Å². The van der Waals surface area contributed by atoms with Crippen LogP contribution in [0.2, 0.25) is 0 Å². The molecule has 7 heteroatoms. The second-order valence-electron chi connectivity index (χ2n) is 5.33. The zero-order valence-electron chi connectivity index (χ0n) is 12.0. The van der Waals surface area contributed by atoms with Gasteiger partial charge in [-0.15, -0.1) is 0 Å². The van der Waals surface area contributed by atoms with Gasteiger partial charge in [-0.2, -0.15) is 0 Å². The van der Waals surface area contributed by atoms with Crippen molar-refractivity contribution in [1.82, 2.24) is 10.2 Å². The van der Waals surface area contributed by atoms with Crippen molar-refractivity contribution in [3.63, 3.8) is 0 Å². The summed E-state index contributed by atoms with van der Waals surface area (Å²) in [7, 11) is 1.98. The van der Waals surface area contributed by atoms with E-state index in [1.165, 1.54) is 6.07 Å². The van der Waals surface area contributed by atoms with Gasteiger partial charge in [0, 0.05) is 19.1 Å². The van der Waals surface area contributed by atoms with Gasteiger partial charge < -0.3 is 14.5 Å². The quantitative estimate of drug-likeness (QED) is 0.652. The van der Waals surface area contributed by atoms with Crippen LogP contribution in [0.15, 0.2) is 16.5 Å². The molecule has 0 spiro atoms. The minimum Gasteiger partial charge on any atom is -0.404 e. The fraction of sp³-hybridized carbons (Fsp3) is 0.692. The van der Waals surface area contributed by atoms with Crippen molar-refractivity contribution >= 4 is 5.88 Å². The molecule has 0 amide bonds. The number of nitrogens with one attached hydrogen (secondary N) is 1. The van der Waals surface area contributed by atoms with Crippen LogP contribution < -0.4 is 5.32 Å². The smallest absolute Gasteiger partial charge is 0.404 e. The lowest BCUT2D eigenvalue weighted by Crippen LogP contribution is -2.48. The highest BCUT2D eigenvalue weighted by atomic mass is 16.6. The number of nitro groups is 1. The van der Waals surface area contributed by atoms with Gasteiger partial charge in [0.25, 0.3) is 0 Å². The average Bonchev–Trinajstić information content (AvgIpc) is 2.85. The van der Waals surface area contributed by atoms with Gasteiger partial charge in [0.2, 0.25) is 0 Å². The van der Waals surface area contributed by atoms with Crippen molar-refractivity contribution in [2.24, 2.45) is 0 Å². The molecule has 2 heterocycles. The first-order valence-electron chi connectivity index (χ1n) is 6.78. The summed E-state index contributed by atoms with van der Waals surface area (Å²) in [5.74, 6) is 0.351. The fourth-order valence-electron chi connectivity index (χ4n) is 2.38. The van der Waals surface area contributed by atoms with Crippen molar-refractivity contribution < 1.29 is 14.1 Å². The molecule has 0 bridgehead atoms. The fourth-order valence-corrected chi connectivity index (χ4v) is 2.38. The molecule has 2 rings (SSSR count). The third-order valence-corrected chi connectivity index (χ3v) is 3.41. The third-order valence-electron chi connectivity index (χ3n) is 3.41. The minimum absolute atomic E-state index is 0.0816. The molecule has 2 unspecified atom stereocenters. The Labute approximate surface area is 118 Å². The van der Waals surface area contributed by atoms with Crippen LogP contribution in [0.1, 0.15) is 25.6 Å². The summed E-state index contributed by atoms with van der Waals surface area (Å²) in [5, 5.41) is 14.1. The molecule has 1 aromatic heterocycles. The summed E-state index contributed by atoms with van der Waals surface area (Å²) in [6.07, 6.45) is -0.0816. The number of morpholine rings is 1. The van der Waals surface area contributed by atoms with E-state index in [2.05, 4.69) is 24.1 Å². The Hall–Kier alpha value is -1.44. The lowest BCUT2D eigenvalue weighted by Gasteiger charge is -2.38. The standard InChI is InChI=1S/C13H21N3O4/c1-9(2)14-8-11-13(15(3)6-7-19-11)10-4-5-12(20-10)16(17)18/h4-5,9,11,13-14H,6-8H2,1-3H3. The summed E-state index contributed by atoms with van der Waals surface area (Å²) in [6, 6.07) is 3.31. The summed E-state index contributed by atoms with van der Waals surface area (Å²) < 4.78 is 11.1. The molecule has 1 fully saturated rings. The number of hydrogen-bond donors (Lipinski definition) is 1. The predicted octanol–water partition coefficient (Wildman–Crippen LogP) is 1.56. The summed E-state index contributed by atoms with van der Waals surface area (Å²) in [6.45, 7) is 6.25. The molecule has 1 aromatic rings. The average molecular weight is 283 g/mol. The van der Waals surface area contributed by atoms with E-state index in [-0.39, 0.29) is 18.0 Å². The maximum atomic E-state index is 10.7. The minimum atomic E-state index is -0.519. The molecule has 0 aromatic carbocycles. The lowest BCUT2D eigenvalue weighted by atomic mass is 10.0. The molecule has 1 saturated heterocycles. The molecule has 0 radical (unpaired) electrons. The van der Waals surface area contributed by atoms with Gasteiger partial charge in [-0.1, -0.05) is 13.8 Å². The highest BCUT2D eigenvalue weighted by Crippen LogP contribution is 2.31. The van der Waals surface area contributed by atoms with Gasteiger partial charge in [0.1, 0.15) is 10.7 Å². The summed E-state index contributed by atoms with van der Waals surface area (Å²) in [5.41, 5.74) is 0. The maximum absolute atomic E-state index is 10.7. The van der Waals surface area contributed by atoms with E-state index >= 15 is 0 Å². The Morgan fingerprint density at radius 2 is 2.30 bits per heavy atom. The number of rotatable bonds is 5. The van der Waals surface area contributed by atoms with Crippen LogP contribution >= 0.6 is 0 Å². The number of likely N-dealkylation sites (N-methyl/N-ethyl adjacent to an activating group) is 1. The number of furan rings is 1. The van der Waals surface area contributed by atoms with Gasteiger partial charge >= 0.3 is 5.88 Å². The zero-order valence-corrected chi connectivity index (χ0v) is 12.0. The van der Waals surface area contributed by atoms with Gasteiger partial charge in [-0.3, -0.25) is 15.0 Å². The Bertz CT molecular complexity index is 460. The van der Waals surface area contributed by atoms with Crippen molar-refractivity contribution in [1.29, 1.82) is 0 Å². The van der Waals surface area contributed by atoms with Gasteiger partial charge in [0.15, 0.2) is 0 Å². The van der Waals surface area contributed by atoms with Crippen LogP contribution in [0.25, 0.3) is 0 Å². The second kappa shape index (κ2) is 6.34. The molecule has 112 valence electrons. The summed E-state index contributed by atoms with van der Waals surface area (Å²) >= 11 is 0. The first-order valence-corrected chi connectivity index (χ1v) is 6.78. The molecule has 1 N–H and O–H groups in total. The number of hydrogen-bond acceptors (Lipinski definition) is 6. The second-order valence-corrected chi connectivity index (χ2v) is 5.33. The van der Waals surface area contributed by atoms with Crippen molar-refractivity contribution in [2.75, 3.05) is 26.7 Å². The van der Waals surface area contributed by atoms with Crippen LogP contribution in [-0.4, -0.2) is 48.7 Å². The highest BCUT2D eigenvalue weighted by Gasteiger charge is 2.34. The Kier molecular flexibility index (Phi) is 4.74. The number of nitrogens with zero attached hydrogens (tertiary/aromatic N) is 2. The number of ether oxygens (including phenoxy) is 1. The molecule has 20 heavy (non-hydrogen) atoms. The Balaban J connectivity index is 2.15. The van der Waals surface area contributed by atoms with Crippen molar-refractivity contribution in [2.45, 2.75) is 32.0 Å². The molecule has 7 nitrogen and oxygen atoms in total. The maximum Gasteiger partial charge on any atom is 0.433 e. The van der Waals surface area contributed by atoms with E-state index in [0.29, 0.717) is 25.0 Å². The van der Waals surface area contributed by atoms with Gasteiger partial charge in [0.05, 0.1) is 24.8 Å². The van der Waals surface area contributed by atoms with Crippen LogP contribution in [0.4, 0.5) is 5.88 Å². The van der Waals surface area contributed by atoms with Crippen LogP contribution in [-0.2, 0) is 4.74 Å². The van der Waals surface area contributed by atoms with E-state index in [0.717, 1.165) is 6.54 Å². The van der Waals surface area contributed by atoms with Crippen LogP contribution in [0.3, 0.4) is 0 Å². The molecular weight excluding hydrogens is 262 g/mol. The highest BCUT2D eigenvalue weighted by molar-refractivity contribution is 5.21. The molecule has 0 aliphatic carbocycles. The first-order chi connectivity index (χ1) is 9.49. The normalized spacial score (nSPS) is 24.2. The van der Waals surface area contributed by atoms with Crippen LogP contribution in [0, 0.1) is 10.1 Å². The largest absolute Gasteiger partial charge is 0.433 e. The molecule has 1 aliphatic rings.